The zero-order chi connectivity index (χ0) is 7.82. The predicted molar refractivity (Wildman–Crippen MR) is 38.4 cm³/mol. The molecule has 0 aliphatic heterocycles. The normalized spacial score (nSPS) is 8.50. The van der Waals surface area contributed by atoms with E-state index in [2.05, 4.69) is 22.2 Å². The topological polar surface area (TPSA) is 50.4 Å². The molecule has 0 saturated carbocycles. The molecule has 0 atom stereocenters. The minimum Gasteiger partial charge on any atom is -0.444 e. The van der Waals surface area contributed by atoms with Crippen LogP contribution in [-0.2, 0) is 4.74 Å². The van der Waals surface area contributed by atoms with Crippen LogP contribution >= 0.6 is 0 Å². The summed E-state index contributed by atoms with van der Waals surface area (Å²) in [5.41, 5.74) is 4.91. The van der Waals surface area contributed by atoms with Crippen LogP contribution in [0.1, 0.15) is 6.92 Å². The van der Waals surface area contributed by atoms with Gasteiger partial charge in [0.25, 0.3) is 0 Å². The van der Waals surface area contributed by atoms with Gasteiger partial charge in [-0.3, -0.25) is 5.43 Å². The summed E-state index contributed by atoms with van der Waals surface area (Å²) in [5, 5.41) is 0. The maximum atomic E-state index is 10.5. The van der Waals surface area contributed by atoms with E-state index in [9.17, 15) is 4.79 Å². The van der Waals surface area contributed by atoms with Gasteiger partial charge >= 0.3 is 6.09 Å². The first-order valence-electron chi connectivity index (χ1n) is 3.07. The van der Waals surface area contributed by atoms with Crippen molar-refractivity contribution in [1.82, 2.24) is 10.9 Å². The Kier molecular flexibility index (Phi) is 5.47. The van der Waals surface area contributed by atoms with Crippen molar-refractivity contribution >= 4 is 6.09 Å². The summed E-state index contributed by atoms with van der Waals surface area (Å²) in [6.45, 7) is 6.16. The minimum absolute atomic E-state index is 0.233. The molecule has 0 fully saturated rings. The highest BCUT2D eigenvalue weighted by Crippen LogP contribution is 1.74. The fourth-order valence-electron chi connectivity index (χ4n) is 0.331. The highest BCUT2D eigenvalue weighted by molar-refractivity contribution is 5.66. The lowest BCUT2D eigenvalue weighted by Gasteiger charge is -2.03. The molecular weight excluding hydrogens is 132 g/mol. The zero-order valence-electron chi connectivity index (χ0n) is 6.02. The first kappa shape index (κ1) is 8.97. The zero-order valence-corrected chi connectivity index (χ0v) is 6.02. The second kappa shape index (κ2) is 6.10. The largest absolute Gasteiger partial charge is 0.444 e. The highest BCUT2D eigenvalue weighted by atomic mass is 16.5. The Labute approximate surface area is 60.2 Å². The number of amides is 1. The Morgan fingerprint density at radius 3 is 3.00 bits per heavy atom. The molecule has 0 rings (SSSR count). The third-order valence-corrected chi connectivity index (χ3v) is 0.700. The molecule has 58 valence electrons. The van der Waals surface area contributed by atoms with Crippen LogP contribution in [0.2, 0.25) is 0 Å². The van der Waals surface area contributed by atoms with Crippen LogP contribution in [0, 0.1) is 0 Å². The smallest absolute Gasteiger partial charge is 0.421 e. The maximum absolute atomic E-state index is 10.5. The third-order valence-electron chi connectivity index (χ3n) is 0.700. The van der Waals surface area contributed by atoms with Gasteiger partial charge in [-0.05, 0) is 0 Å². The molecule has 0 unspecified atom stereocenters. The molecule has 4 heteroatoms. The van der Waals surface area contributed by atoms with E-state index in [4.69, 9.17) is 0 Å². The molecule has 0 bridgehead atoms. The quantitative estimate of drug-likeness (QED) is 0.444. The number of nitrogens with one attached hydrogen (secondary N) is 2. The van der Waals surface area contributed by atoms with E-state index >= 15 is 0 Å². The molecule has 0 aliphatic carbocycles. The summed E-state index contributed by atoms with van der Waals surface area (Å²) in [7, 11) is 0. The lowest BCUT2D eigenvalue weighted by atomic mass is 10.7. The van der Waals surface area contributed by atoms with Gasteiger partial charge in [-0.2, -0.15) is 0 Å². The summed E-state index contributed by atoms with van der Waals surface area (Å²) in [4.78, 5) is 10.5. The Morgan fingerprint density at radius 2 is 2.50 bits per heavy atom. The van der Waals surface area contributed by atoms with Crippen molar-refractivity contribution in [3.05, 3.63) is 12.7 Å². The van der Waals surface area contributed by atoms with E-state index in [-0.39, 0.29) is 6.61 Å². The Morgan fingerprint density at radius 1 is 1.80 bits per heavy atom. The number of carbonyl (C=O) groups excluding carboxylic acids is 1. The lowest BCUT2D eigenvalue weighted by Crippen LogP contribution is -2.37. The molecule has 0 spiro atoms. The summed E-state index contributed by atoms with van der Waals surface area (Å²) in [6, 6.07) is 0. The Hall–Kier alpha value is -1.03. The van der Waals surface area contributed by atoms with Crippen LogP contribution in [0.4, 0.5) is 4.79 Å². The monoisotopic (exact) mass is 144 g/mol. The van der Waals surface area contributed by atoms with Gasteiger partial charge in [0.2, 0.25) is 0 Å². The van der Waals surface area contributed by atoms with E-state index in [1.165, 1.54) is 6.08 Å². The first-order valence-corrected chi connectivity index (χ1v) is 3.07. The fraction of sp³-hybridized carbons (Fsp3) is 0.500. The molecule has 0 aromatic heterocycles. The Bertz CT molecular complexity index is 114. The molecular formula is C6H12N2O2. The van der Waals surface area contributed by atoms with Gasteiger partial charge in [-0.15, -0.1) is 0 Å². The maximum Gasteiger partial charge on any atom is 0.421 e. The Balaban J connectivity index is 3.16. The molecule has 0 radical (unpaired) electrons. The van der Waals surface area contributed by atoms with Crippen molar-refractivity contribution in [2.45, 2.75) is 6.92 Å². The highest BCUT2D eigenvalue weighted by Gasteiger charge is 1.95. The summed E-state index contributed by atoms with van der Waals surface area (Å²) >= 11 is 0. The van der Waals surface area contributed by atoms with Gasteiger partial charge in [0.15, 0.2) is 0 Å². The van der Waals surface area contributed by atoms with Crippen molar-refractivity contribution < 1.29 is 9.53 Å². The average Bonchev–Trinajstić information content (AvgIpc) is 1.97. The second-order valence-corrected chi connectivity index (χ2v) is 1.54. The van der Waals surface area contributed by atoms with Gasteiger partial charge in [0, 0.05) is 6.54 Å². The van der Waals surface area contributed by atoms with Crippen molar-refractivity contribution in [2.24, 2.45) is 0 Å². The summed E-state index contributed by atoms with van der Waals surface area (Å²) < 4.78 is 4.56. The van der Waals surface area contributed by atoms with E-state index in [0.29, 0.717) is 6.54 Å². The molecule has 10 heavy (non-hydrogen) atoms. The molecule has 0 saturated heterocycles. The van der Waals surface area contributed by atoms with Gasteiger partial charge in [-0.25, -0.2) is 10.2 Å². The third kappa shape index (κ3) is 5.11. The van der Waals surface area contributed by atoms with E-state index in [1.807, 2.05) is 6.92 Å². The van der Waals surface area contributed by atoms with Crippen LogP contribution in [-0.4, -0.2) is 19.2 Å². The van der Waals surface area contributed by atoms with Crippen LogP contribution in [0.15, 0.2) is 12.7 Å². The number of hydrazine groups is 1. The molecule has 4 nitrogen and oxygen atoms in total. The van der Waals surface area contributed by atoms with Crippen LogP contribution in [0.5, 0.6) is 0 Å². The molecule has 0 aliphatic rings. The summed E-state index contributed by atoms with van der Waals surface area (Å²) in [6.07, 6.45) is 1.02. The number of carbonyl (C=O) groups is 1. The second-order valence-electron chi connectivity index (χ2n) is 1.54. The minimum atomic E-state index is -0.484. The number of hydrogen-bond acceptors (Lipinski definition) is 3. The van der Waals surface area contributed by atoms with Crippen LogP contribution in [0.3, 0.4) is 0 Å². The van der Waals surface area contributed by atoms with E-state index in [1.54, 1.807) is 0 Å². The molecule has 0 heterocycles. The average molecular weight is 144 g/mol. The fourth-order valence-corrected chi connectivity index (χ4v) is 0.331. The SMILES string of the molecule is C=CCOC(=O)NNCC. The first-order chi connectivity index (χ1) is 4.81. The molecule has 2 N–H and O–H groups in total. The molecule has 1 amide bonds. The van der Waals surface area contributed by atoms with Gasteiger partial charge < -0.3 is 4.74 Å². The van der Waals surface area contributed by atoms with Gasteiger partial charge in [0.1, 0.15) is 6.61 Å². The van der Waals surface area contributed by atoms with E-state index < -0.39 is 6.09 Å². The van der Waals surface area contributed by atoms with E-state index in [0.717, 1.165) is 0 Å². The lowest BCUT2D eigenvalue weighted by molar-refractivity contribution is 0.153. The van der Waals surface area contributed by atoms with Gasteiger partial charge in [0.05, 0.1) is 0 Å². The summed E-state index contributed by atoms with van der Waals surface area (Å²) in [5.74, 6) is 0. The van der Waals surface area contributed by atoms with Crippen molar-refractivity contribution in [2.75, 3.05) is 13.2 Å². The van der Waals surface area contributed by atoms with Crippen molar-refractivity contribution in [3.8, 4) is 0 Å². The van der Waals surface area contributed by atoms with Crippen molar-refractivity contribution in [3.63, 3.8) is 0 Å². The molecule has 0 aromatic carbocycles. The van der Waals surface area contributed by atoms with Crippen LogP contribution in [0.25, 0.3) is 0 Å². The predicted octanol–water partition coefficient (Wildman–Crippen LogP) is 0.423. The number of rotatable bonds is 4. The molecule has 0 aromatic rings. The van der Waals surface area contributed by atoms with Crippen molar-refractivity contribution in [1.29, 1.82) is 0 Å². The number of ether oxygens (including phenoxy) is 1. The van der Waals surface area contributed by atoms with Gasteiger partial charge in [-0.1, -0.05) is 19.6 Å². The standard InChI is InChI=1S/C6H12N2O2/c1-3-5-10-6(9)8-7-4-2/h3,7H,1,4-5H2,2H3,(H,8,9). The van der Waals surface area contributed by atoms with Crippen LogP contribution < -0.4 is 10.9 Å². The number of hydrogen-bond donors (Lipinski definition) is 2.